The number of fused-ring (bicyclic) bond motifs is 1. The Morgan fingerprint density at radius 3 is 3.08 bits per heavy atom. The molecule has 0 bridgehead atoms. The molecule has 0 spiro atoms. The second kappa shape index (κ2) is 2.90. The third-order valence-electron chi connectivity index (χ3n) is 1.82. The highest BCUT2D eigenvalue weighted by atomic mass is 16.5. The topological polar surface area (TPSA) is 55.0 Å². The summed E-state index contributed by atoms with van der Waals surface area (Å²) in [6, 6.07) is 5.41. The number of benzene rings is 1. The minimum absolute atomic E-state index is 0.336. The molecule has 66 valence electrons. The molecule has 0 fully saturated rings. The molecule has 13 heavy (non-hydrogen) atoms. The summed E-state index contributed by atoms with van der Waals surface area (Å²) in [5.41, 5.74) is 1.57. The van der Waals surface area contributed by atoms with Crippen molar-refractivity contribution >= 4 is 17.3 Å². The van der Waals surface area contributed by atoms with Crippen molar-refractivity contribution in [1.82, 2.24) is 9.97 Å². The predicted octanol–water partition coefficient (Wildman–Crippen LogP) is 1.38. The minimum Gasteiger partial charge on any atom is -0.497 e. The van der Waals surface area contributed by atoms with Crippen LogP contribution in [0.2, 0.25) is 0 Å². The van der Waals surface area contributed by atoms with Crippen LogP contribution in [0.4, 0.5) is 0 Å². The molecular weight excluding hydrogens is 168 g/mol. The monoisotopic (exact) mass is 176 g/mol. The second-order valence-electron chi connectivity index (χ2n) is 2.62. The number of aromatic nitrogens is 2. The first-order valence-electron chi connectivity index (χ1n) is 3.82. The van der Waals surface area contributed by atoms with E-state index in [1.807, 2.05) is 0 Å². The fourth-order valence-electron chi connectivity index (χ4n) is 1.19. The quantitative estimate of drug-likeness (QED) is 0.703. The molecule has 1 aromatic heterocycles. The van der Waals surface area contributed by atoms with Crippen molar-refractivity contribution in [3.63, 3.8) is 0 Å². The van der Waals surface area contributed by atoms with Crippen molar-refractivity contribution in [3.8, 4) is 5.75 Å². The Labute approximate surface area is 74.5 Å². The van der Waals surface area contributed by atoms with Crippen molar-refractivity contribution in [3.05, 3.63) is 24.0 Å². The fraction of sp³-hybridized carbons (Fsp3) is 0.111. The average molecular weight is 176 g/mol. The van der Waals surface area contributed by atoms with Crippen LogP contribution < -0.4 is 4.74 Å². The summed E-state index contributed by atoms with van der Waals surface area (Å²) in [7, 11) is 1.60. The van der Waals surface area contributed by atoms with Gasteiger partial charge in [0.05, 0.1) is 18.1 Å². The molecule has 0 radical (unpaired) electrons. The highest BCUT2D eigenvalue weighted by Gasteiger charge is 2.01. The molecule has 0 unspecified atom stereocenters. The Balaban J connectivity index is 2.63. The first-order chi connectivity index (χ1) is 6.33. The first kappa shape index (κ1) is 7.79. The van der Waals surface area contributed by atoms with E-state index in [2.05, 4.69) is 9.97 Å². The van der Waals surface area contributed by atoms with Gasteiger partial charge in [0.1, 0.15) is 5.75 Å². The minimum atomic E-state index is 0.336. The zero-order chi connectivity index (χ0) is 9.26. The molecular formula is C9H8N2O2. The number of aldehydes is 1. The number of aromatic amines is 1. The fourth-order valence-corrected chi connectivity index (χ4v) is 1.19. The number of hydrogen-bond donors (Lipinski definition) is 1. The molecule has 0 saturated heterocycles. The molecule has 0 saturated carbocycles. The van der Waals surface area contributed by atoms with Crippen LogP contribution in [0.25, 0.3) is 11.0 Å². The number of imidazole rings is 1. The highest BCUT2D eigenvalue weighted by molar-refractivity contribution is 5.82. The van der Waals surface area contributed by atoms with Gasteiger partial charge in [0, 0.05) is 6.07 Å². The number of methoxy groups -OCH3 is 1. The molecule has 0 aliphatic heterocycles. The number of H-pyrrole nitrogens is 1. The van der Waals surface area contributed by atoms with Crippen LogP contribution in [0.5, 0.6) is 5.75 Å². The van der Waals surface area contributed by atoms with Gasteiger partial charge in [-0.25, -0.2) is 4.98 Å². The van der Waals surface area contributed by atoms with Gasteiger partial charge in [-0.3, -0.25) is 4.79 Å². The molecule has 0 amide bonds. The van der Waals surface area contributed by atoms with Gasteiger partial charge in [-0.2, -0.15) is 0 Å². The van der Waals surface area contributed by atoms with E-state index >= 15 is 0 Å². The van der Waals surface area contributed by atoms with Gasteiger partial charge in [-0.1, -0.05) is 0 Å². The molecule has 4 heteroatoms. The number of nitrogens with zero attached hydrogens (tertiary/aromatic N) is 1. The van der Waals surface area contributed by atoms with Crippen molar-refractivity contribution in [2.24, 2.45) is 0 Å². The van der Waals surface area contributed by atoms with Gasteiger partial charge in [-0.05, 0) is 12.1 Å². The lowest BCUT2D eigenvalue weighted by atomic mass is 10.3. The SMILES string of the molecule is COc1ccc2nc(C=O)[nH]c2c1. The van der Waals surface area contributed by atoms with Crippen LogP contribution in [0, 0.1) is 0 Å². The lowest BCUT2D eigenvalue weighted by molar-refractivity contribution is 0.111. The zero-order valence-corrected chi connectivity index (χ0v) is 7.07. The molecule has 1 heterocycles. The van der Waals surface area contributed by atoms with Crippen molar-refractivity contribution < 1.29 is 9.53 Å². The van der Waals surface area contributed by atoms with E-state index in [1.165, 1.54) is 0 Å². The lowest BCUT2D eigenvalue weighted by Crippen LogP contribution is -1.81. The summed E-state index contributed by atoms with van der Waals surface area (Å²) >= 11 is 0. The summed E-state index contributed by atoms with van der Waals surface area (Å²) in [6.07, 6.45) is 0.687. The molecule has 2 rings (SSSR count). The van der Waals surface area contributed by atoms with Crippen LogP contribution in [-0.4, -0.2) is 23.4 Å². The van der Waals surface area contributed by atoms with Crippen LogP contribution in [-0.2, 0) is 0 Å². The molecule has 2 aromatic rings. The van der Waals surface area contributed by atoms with Crippen molar-refractivity contribution in [1.29, 1.82) is 0 Å². The first-order valence-corrected chi connectivity index (χ1v) is 3.82. The van der Waals surface area contributed by atoms with Gasteiger partial charge >= 0.3 is 0 Å². The predicted molar refractivity (Wildman–Crippen MR) is 48.0 cm³/mol. The van der Waals surface area contributed by atoms with Crippen LogP contribution in [0.1, 0.15) is 10.6 Å². The summed E-state index contributed by atoms with van der Waals surface area (Å²) < 4.78 is 5.03. The van der Waals surface area contributed by atoms with Gasteiger partial charge < -0.3 is 9.72 Å². The van der Waals surface area contributed by atoms with E-state index in [4.69, 9.17) is 4.74 Å². The highest BCUT2D eigenvalue weighted by Crippen LogP contribution is 2.17. The van der Waals surface area contributed by atoms with E-state index in [-0.39, 0.29) is 0 Å². The van der Waals surface area contributed by atoms with E-state index in [9.17, 15) is 4.79 Å². The number of hydrogen-bond acceptors (Lipinski definition) is 3. The summed E-state index contributed by atoms with van der Waals surface area (Å²) in [6.45, 7) is 0. The molecule has 1 aromatic carbocycles. The number of nitrogens with one attached hydrogen (secondary N) is 1. The van der Waals surface area contributed by atoms with Crippen LogP contribution >= 0.6 is 0 Å². The van der Waals surface area contributed by atoms with Crippen LogP contribution in [0.3, 0.4) is 0 Å². The lowest BCUT2D eigenvalue weighted by Gasteiger charge is -1.96. The third kappa shape index (κ3) is 1.26. The van der Waals surface area contributed by atoms with Gasteiger partial charge in [0.15, 0.2) is 12.1 Å². The zero-order valence-electron chi connectivity index (χ0n) is 7.07. The molecule has 4 nitrogen and oxygen atoms in total. The maximum atomic E-state index is 10.4. The van der Waals surface area contributed by atoms with Gasteiger partial charge in [0.25, 0.3) is 0 Å². The van der Waals surface area contributed by atoms with E-state index in [0.717, 1.165) is 16.8 Å². The second-order valence-corrected chi connectivity index (χ2v) is 2.62. The number of ether oxygens (including phenoxy) is 1. The number of rotatable bonds is 2. The Morgan fingerprint density at radius 1 is 1.54 bits per heavy atom. The largest absolute Gasteiger partial charge is 0.497 e. The van der Waals surface area contributed by atoms with E-state index < -0.39 is 0 Å². The molecule has 0 aliphatic carbocycles. The van der Waals surface area contributed by atoms with Gasteiger partial charge in [-0.15, -0.1) is 0 Å². The Bertz CT molecular complexity index is 448. The molecule has 0 atom stereocenters. The summed E-state index contributed by atoms with van der Waals surface area (Å²) in [5, 5.41) is 0. The van der Waals surface area contributed by atoms with E-state index in [1.54, 1.807) is 25.3 Å². The van der Waals surface area contributed by atoms with Crippen LogP contribution in [0.15, 0.2) is 18.2 Å². The maximum Gasteiger partial charge on any atom is 0.185 e. The van der Waals surface area contributed by atoms with E-state index in [0.29, 0.717) is 12.1 Å². The standard InChI is InChI=1S/C9H8N2O2/c1-13-6-2-3-7-8(4-6)11-9(5-12)10-7/h2-5H,1H3,(H,10,11). The van der Waals surface area contributed by atoms with Crippen molar-refractivity contribution in [2.45, 2.75) is 0 Å². The Morgan fingerprint density at radius 2 is 2.38 bits per heavy atom. The number of carbonyl (C=O) groups is 1. The summed E-state index contributed by atoms with van der Waals surface area (Å²) in [5.74, 6) is 1.08. The van der Waals surface area contributed by atoms with Crippen molar-refractivity contribution in [2.75, 3.05) is 7.11 Å². The maximum absolute atomic E-state index is 10.4. The van der Waals surface area contributed by atoms with Gasteiger partial charge in [0.2, 0.25) is 0 Å². The number of carbonyl (C=O) groups excluding carboxylic acids is 1. The Kier molecular flexibility index (Phi) is 1.73. The normalized spacial score (nSPS) is 10.2. The summed E-state index contributed by atoms with van der Waals surface area (Å²) in [4.78, 5) is 17.3. The smallest absolute Gasteiger partial charge is 0.185 e. The average Bonchev–Trinajstić information content (AvgIpc) is 2.58. The molecule has 0 aliphatic rings. The third-order valence-corrected chi connectivity index (χ3v) is 1.82. The Hall–Kier alpha value is -1.84. The molecule has 1 N–H and O–H groups in total.